The first kappa shape index (κ1) is 32.2. The van der Waals surface area contributed by atoms with Gasteiger partial charge in [0.15, 0.2) is 0 Å². The van der Waals surface area contributed by atoms with Crippen LogP contribution < -0.4 is 30.9 Å². The minimum absolute atomic E-state index is 0.0429. The van der Waals surface area contributed by atoms with Crippen LogP contribution in [0.4, 0.5) is 11.4 Å². The topological polar surface area (TPSA) is 116 Å². The molecule has 2 atom stereocenters. The van der Waals surface area contributed by atoms with E-state index in [-0.39, 0.29) is 17.9 Å². The third-order valence-electron chi connectivity index (χ3n) is 8.91. The van der Waals surface area contributed by atoms with Gasteiger partial charge in [0.25, 0.3) is 11.8 Å². The van der Waals surface area contributed by atoms with Gasteiger partial charge in [-0.15, -0.1) is 0 Å². The molecule has 2 aliphatic rings. The lowest BCUT2D eigenvalue weighted by Gasteiger charge is -2.43. The fourth-order valence-corrected chi connectivity index (χ4v) is 6.45. The van der Waals surface area contributed by atoms with Gasteiger partial charge in [0, 0.05) is 81.0 Å². The summed E-state index contributed by atoms with van der Waals surface area (Å²) < 4.78 is 5.78. The summed E-state index contributed by atoms with van der Waals surface area (Å²) in [5, 5.41) is 6.34. The van der Waals surface area contributed by atoms with Crippen LogP contribution in [-0.2, 0) is 0 Å². The molecule has 0 radical (unpaired) electrons. The molecule has 1 aromatic heterocycles. The highest BCUT2D eigenvalue weighted by atomic mass is 16.5. The molecule has 240 valence electrons. The monoisotopic (exact) mass is 613 g/mol. The summed E-state index contributed by atoms with van der Waals surface area (Å²) in [5.41, 5.74) is 11.7. The SMILES string of the molecule is CCOc1ncccc1-c1ccc(N2CCN(C(=O)c3ccc(C)cc3N3CC[C@H](NC)C3)C[C@H]2CC)c(C(=O)NCCN)c1. The molecule has 45 heavy (non-hydrogen) atoms. The number of rotatable bonds is 11. The molecule has 4 N–H and O–H groups in total. The van der Waals surface area contributed by atoms with Crippen molar-refractivity contribution in [1.29, 1.82) is 0 Å². The number of piperazine rings is 1. The fourth-order valence-electron chi connectivity index (χ4n) is 6.45. The Bertz CT molecular complexity index is 1500. The highest BCUT2D eigenvalue weighted by Gasteiger charge is 2.33. The maximum Gasteiger partial charge on any atom is 0.256 e. The number of nitrogens with two attached hydrogens (primary N) is 1. The van der Waals surface area contributed by atoms with E-state index in [1.165, 1.54) is 0 Å². The molecule has 10 heteroatoms. The molecule has 0 bridgehead atoms. The van der Waals surface area contributed by atoms with Crippen molar-refractivity contribution in [2.24, 2.45) is 5.73 Å². The largest absolute Gasteiger partial charge is 0.478 e. The maximum atomic E-state index is 14.1. The molecule has 10 nitrogen and oxygen atoms in total. The Hall–Kier alpha value is -4.15. The summed E-state index contributed by atoms with van der Waals surface area (Å²) in [6.07, 6.45) is 3.58. The van der Waals surface area contributed by atoms with Crippen molar-refractivity contribution in [1.82, 2.24) is 20.5 Å². The predicted molar refractivity (Wildman–Crippen MR) is 180 cm³/mol. The molecule has 2 aliphatic heterocycles. The second kappa shape index (κ2) is 14.8. The van der Waals surface area contributed by atoms with Crippen LogP contribution in [-0.4, -0.2) is 93.2 Å². The number of carbonyl (C=O) groups is 2. The number of likely N-dealkylation sites (N-methyl/N-ethyl adjacent to an activating group) is 1. The Morgan fingerprint density at radius 2 is 1.87 bits per heavy atom. The molecule has 5 rings (SSSR count). The third kappa shape index (κ3) is 7.07. The number of hydrogen-bond donors (Lipinski definition) is 3. The molecule has 0 aliphatic carbocycles. The molecule has 0 unspecified atom stereocenters. The van der Waals surface area contributed by atoms with Gasteiger partial charge in [-0.25, -0.2) is 4.98 Å². The van der Waals surface area contributed by atoms with E-state index in [1.54, 1.807) is 6.20 Å². The first-order valence-electron chi connectivity index (χ1n) is 16.2. The van der Waals surface area contributed by atoms with E-state index in [4.69, 9.17) is 10.5 Å². The molecule has 2 amide bonds. The van der Waals surface area contributed by atoms with Gasteiger partial charge >= 0.3 is 0 Å². The van der Waals surface area contributed by atoms with E-state index in [0.717, 1.165) is 59.6 Å². The minimum atomic E-state index is -0.178. The summed E-state index contributed by atoms with van der Waals surface area (Å²) >= 11 is 0. The predicted octanol–water partition coefficient (Wildman–Crippen LogP) is 3.68. The number of aromatic nitrogens is 1. The number of ether oxygens (including phenoxy) is 1. The Labute approximate surface area is 266 Å². The van der Waals surface area contributed by atoms with E-state index < -0.39 is 0 Å². The number of benzene rings is 2. The number of aryl methyl sites for hydroxylation is 1. The van der Waals surface area contributed by atoms with Crippen molar-refractivity contribution in [2.45, 2.75) is 45.7 Å². The van der Waals surface area contributed by atoms with E-state index in [1.807, 2.05) is 61.3 Å². The first-order valence-corrected chi connectivity index (χ1v) is 16.2. The highest BCUT2D eigenvalue weighted by Crippen LogP contribution is 2.35. The van der Waals surface area contributed by atoms with Gasteiger partial charge in [0.05, 0.1) is 17.7 Å². The smallest absolute Gasteiger partial charge is 0.256 e. The van der Waals surface area contributed by atoms with Crippen LogP contribution in [0.15, 0.2) is 54.7 Å². The Morgan fingerprint density at radius 1 is 1.02 bits per heavy atom. The van der Waals surface area contributed by atoms with Crippen LogP contribution in [0.25, 0.3) is 11.1 Å². The van der Waals surface area contributed by atoms with Crippen LogP contribution >= 0.6 is 0 Å². The van der Waals surface area contributed by atoms with E-state index >= 15 is 0 Å². The number of pyridine rings is 1. The van der Waals surface area contributed by atoms with Crippen molar-refractivity contribution in [3.8, 4) is 17.0 Å². The molecule has 3 aromatic rings. The van der Waals surface area contributed by atoms with E-state index in [2.05, 4.69) is 45.3 Å². The summed E-state index contributed by atoms with van der Waals surface area (Å²) in [6.45, 7) is 10.9. The number of carbonyl (C=O) groups excluding carboxylic acids is 2. The summed E-state index contributed by atoms with van der Waals surface area (Å²) in [4.78, 5) is 38.6. The van der Waals surface area contributed by atoms with Crippen LogP contribution in [0.1, 0.15) is 53.0 Å². The maximum absolute atomic E-state index is 14.1. The van der Waals surface area contributed by atoms with Crippen LogP contribution in [0.3, 0.4) is 0 Å². The molecule has 2 fully saturated rings. The minimum Gasteiger partial charge on any atom is -0.478 e. The number of nitrogens with one attached hydrogen (secondary N) is 2. The lowest BCUT2D eigenvalue weighted by atomic mass is 9.99. The number of hydrogen-bond acceptors (Lipinski definition) is 8. The van der Waals surface area contributed by atoms with Gasteiger partial charge in [-0.05, 0) is 81.3 Å². The molecular formula is C35H47N7O3. The average molecular weight is 614 g/mol. The van der Waals surface area contributed by atoms with Gasteiger partial charge in [-0.3, -0.25) is 9.59 Å². The van der Waals surface area contributed by atoms with Crippen molar-refractivity contribution in [2.75, 3.05) is 69.3 Å². The zero-order valence-electron chi connectivity index (χ0n) is 27.0. The molecule has 0 saturated carbocycles. The molecular weight excluding hydrogens is 566 g/mol. The first-order chi connectivity index (χ1) is 21.9. The highest BCUT2D eigenvalue weighted by molar-refractivity contribution is 6.02. The fraction of sp³-hybridized carbons (Fsp3) is 0.457. The normalized spacial score (nSPS) is 18.3. The zero-order chi connectivity index (χ0) is 31.9. The Kier molecular flexibility index (Phi) is 10.6. The molecule has 3 heterocycles. The van der Waals surface area contributed by atoms with Crippen LogP contribution in [0.2, 0.25) is 0 Å². The number of anilines is 2. The third-order valence-corrected chi connectivity index (χ3v) is 8.91. The summed E-state index contributed by atoms with van der Waals surface area (Å²) in [5.74, 6) is 0.417. The molecule has 0 spiro atoms. The Balaban J connectivity index is 1.42. The number of nitrogens with zero attached hydrogens (tertiary/aromatic N) is 4. The quantitative estimate of drug-likeness (QED) is 0.300. The van der Waals surface area contributed by atoms with Gasteiger partial charge in [-0.2, -0.15) is 0 Å². The second-order valence-corrected chi connectivity index (χ2v) is 11.8. The van der Waals surface area contributed by atoms with Gasteiger partial charge in [-0.1, -0.05) is 19.1 Å². The van der Waals surface area contributed by atoms with Gasteiger partial charge in [0.1, 0.15) is 0 Å². The lowest BCUT2D eigenvalue weighted by Crippen LogP contribution is -2.55. The summed E-state index contributed by atoms with van der Waals surface area (Å²) in [7, 11) is 2.00. The van der Waals surface area contributed by atoms with Gasteiger partial charge in [0.2, 0.25) is 5.88 Å². The Morgan fingerprint density at radius 3 is 2.60 bits per heavy atom. The second-order valence-electron chi connectivity index (χ2n) is 11.8. The molecule has 2 saturated heterocycles. The number of amides is 2. The molecule has 2 aromatic carbocycles. The zero-order valence-corrected chi connectivity index (χ0v) is 27.0. The standard InChI is InChI=1S/C35H47N7O3/c1-5-27-23-41(35(44)29-11-9-24(3)20-32(29)40-17-13-26(22-40)37-4)18-19-42(27)31-12-10-25(21-30(31)33(43)38-16-14-36)28-8-7-15-39-34(28)45-6-2/h7-12,15,20-21,26-27,37H,5-6,13-14,16-19,22-23,36H2,1-4H3,(H,38,43)/t26-,27+/m0/s1. The average Bonchev–Trinajstić information content (AvgIpc) is 3.56. The van der Waals surface area contributed by atoms with Crippen molar-refractivity contribution in [3.63, 3.8) is 0 Å². The van der Waals surface area contributed by atoms with E-state index in [0.29, 0.717) is 56.8 Å². The van der Waals surface area contributed by atoms with Crippen molar-refractivity contribution >= 4 is 23.2 Å². The lowest BCUT2D eigenvalue weighted by molar-refractivity contribution is 0.0720. The van der Waals surface area contributed by atoms with Gasteiger partial charge < -0.3 is 35.8 Å². The van der Waals surface area contributed by atoms with Crippen LogP contribution in [0, 0.1) is 6.92 Å². The van der Waals surface area contributed by atoms with Crippen LogP contribution in [0.5, 0.6) is 5.88 Å². The van der Waals surface area contributed by atoms with E-state index in [9.17, 15) is 9.59 Å². The van der Waals surface area contributed by atoms with Crippen molar-refractivity contribution < 1.29 is 14.3 Å². The summed E-state index contributed by atoms with van der Waals surface area (Å²) in [6, 6.07) is 16.4. The van der Waals surface area contributed by atoms with Crippen molar-refractivity contribution in [3.05, 3.63) is 71.4 Å².